The Morgan fingerprint density at radius 1 is 0.371 bits per heavy atom. The molecule has 0 atom stereocenters. The monoisotopic (exact) mass is 494 g/mol. The first-order valence-electron chi connectivity index (χ1n) is 15.9. The van der Waals surface area contributed by atoms with Gasteiger partial charge in [0, 0.05) is 11.1 Å². The van der Waals surface area contributed by atoms with Crippen LogP contribution in [0.1, 0.15) is 192 Å². The van der Waals surface area contributed by atoms with Crippen molar-refractivity contribution in [3.8, 4) is 0 Å². The molecule has 0 spiro atoms. The van der Waals surface area contributed by atoms with Crippen molar-refractivity contribution in [2.45, 2.75) is 203 Å². The lowest BCUT2D eigenvalue weighted by Gasteiger charge is -2.52. The van der Waals surface area contributed by atoms with Crippen LogP contribution in [-0.4, -0.2) is 22.5 Å². The lowest BCUT2D eigenvalue weighted by molar-refractivity contribution is -0.0266. The minimum absolute atomic E-state index is 0.225. The fourth-order valence-electron chi connectivity index (χ4n) is 7.03. The summed E-state index contributed by atoms with van der Waals surface area (Å²) in [6.45, 7) is 27.9. The van der Waals surface area contributed by atoms with Crippen LogP contribution in [0, 0.1) is 10.8 Å². The van der Waals surface area contributed by atoms with Gasteiger partial charge in [-0.1, -0.05) is 145 Å². The van der Waals surface area contributed by atoms with E-state index in [9.17, 15) is 0 Å². The third-order valence-electron chi connectivity index (χ3n) is 7.62. The maximum Gasteiger partial charge on any atom is 0.0163 e. The number of hydrogen-bond acceptors (Lipinski definition) is 1. The van der Waals surface area contributed by atoms with Crippen LogP contribution < -0.4 is 0 Å². The maximum absolute atomic E-state index is 2.88. The summed E-state index contributed by atoms with van der Waals surface area (Å²) in [6.07, 6.45) is 25.5. The van der Waals surface area contributed by atoms with Gasteiger partial charge in [0.2, 0.25) is 0 Å². The molecule has 0 rings (SSSR count). The lowest BCUT2D eigenvalue weighted by atomic mass is 9.75. The highest BCUT2D eigenvalue weighted by Crippen LogP contribution is 2.40. The van der Waals surface area contributed by atoms with Crippen LogP contribution in [0.5, 0.6) is 0 Å². The highest BCUT2D eigenvalue weighted by molar-refractivity contribution is 4.96. The van der Waals surface area contributed by atoms with Crippen LogP contribution in [0.2, 0.25) is 0 Å². The Morgan fingerprint density at radius 2 is 0.629 bits per heavy atom. The number of nitrogens with zero attached hydrogens (tertiary/aromatic N) is 1. The number of rotatable bonds is 21. The van der Waals surface area contributed by atoms with Crippen molar-refractivity contribution < 1.29 is 0 Å². The average molecular weight is 494 g/mol. The molecule has 0 aromatic heterocycles. The van der Waals surface area contributed by atoms with Crippen molar-refractivity contribution in [2.75, 3.05) is 6.54 Å². The third-order valence-corrected chi connectivity index (χ3v) is 7.62. The van der Waals surface area contributed by atoms with Gasteiger partial charge in [-0.15, -0.1) is 0 Å². The zero-order chi connectivity index (χ0) is 27.0. The summed E-state index contributed by atoms with van der Waals surface area (Å²) in [7, 11) is 0. The van der Waals surface area contributed by atoms with Crippen molar-refractivity contribution in [1.29, 1.82) is 0 Å². The van der Waals surface area contributed by atoms with Crippen LogP contribution in [0.3, 0.4) is 0 Å². The summed E-state index contributed by atoms with van der Waals surface area (Å²) in [4.78, 5) is 2.88. The molecule has 0 saturated carbocycles. The van der Waals surface area contributed by atoms with E-state index in [1.54, 1.807) is 0 Å². The molecule has 1 heteroatoms. The highest BCUT2D eigenvalue weighted by Gasteiger charge is 2.41. The van der Waals surface area contributed by atoms with Gasteiger partial charge < -0.3 is 0 Å². The van der Waals surface area contributed by atoms with Gasteiger partial charge in [-0.2, -0.15) is 0 Å². The summed E-state index contributed by atoms with van der Waals surface area (Å²) < 4.78 is 0. The molecule has 0 N–H and O–H groups in total. The van der Waals surface area contributed by atoms with Gasteiger partial charge in [0.05, 0.1) is 0 Å². The SMILES string of the molecule is CCCCCCCCCCCCCCCCCCN(C(C)(C)CC(C)(C)C)C(C)(C)CC(C)(C)C. The zero-order valence-electron chi connectivity index (χ0n) is 26.9. The standard InChI is InChI=1S/C34H71N/c1-12-13-14-15-16-17-18-19-20-21-22-23-24-25-26-27-28-35(33(8,9)29-31(2,3)4)34(10,11)30-32(5,6)7/h12-30H2,1-11H3. The number of hydrogen-bond donors (Lipinski definition) is 0. The van der Waals surface area contributed by atoms with Gasteiger partial charge in [-0.3, -0.25) is 4.90 Å². The van der Waals surface area contributed by atoms with Gasteiger partial charge in [0.1, 0.15) is 0 Å². The molecule has 0 fully saturated rings. The molecule has 0 aliphatic rings. The lowest BCUT2D eigenvalue weighted by Crippen LogP contribution is -2.58. The van der Waals surface area contributed by atoms with Crippen molar-refractivity contribution in [1.82, 2.24) is 4.90 Å². The summed E-state index contributed by atoms with van der Waals surface area (Å²) in [5.41, 5.74) is 1.16. The topological polar surface area (TPSA) is 3.24 Å². The van der Waals surface area contributed by atoms with Gasteiger partial charge in [0.15, 0.2) is 0 Å². The van der Waals surface area contributed by atoms with E-state index in [2.05, 4.69) is 81.1 Å². The van der Waals surface area contributed by atoms with Crippen molar-refractivity contribution in [3.05, 3.63) is 0 Å². The first-order valence-corrected chi connectivity index (χ1v) is 15.9. The average Bonchev–Trinajstić information content (AvgIpc) is 2.66. The second-order valence-electron chi connectivity index (χ2n) is 15.6. The Kier molecular flexibility index (Phi) is 17.4. The van der Waals surface area contributed by atoms with Crippen molar-refractivity contribution in [3.63, 3.8) is 0 Å². The Balaban J connectivity index is 4.21. The second-order valence-corrected chi connectivity index (χ2v) is 15.6. The van der Waals surface area contributed by atoms with Crippen LogP contribution in [-0.2, 0) is 0 Å². The fraction of sp³-hybridized carbons (Fsp3) is 1.00. The van der Waals surface area contributed by atoms with E-state index in [0.29, 0.717) is 10.8 Å². The summed E-state index contributed by atoms with van der Waals surface area (Å²) in [5, 5.41) is 0. The Morgan fingerprint density at radius 3 is 0.886 bits per heavy atom. The van der Waals surface area contributed by atoms with Gasteiger partial charge in [-0.05, 0) is 64.3 Å². The summed E-state index contributed by atoms with van der Waals surface area (Å²) >= 11 is 0. The number of unbranched alkanes of at least 4 members (excludes halogenated alkanes) is 15. The molecular weight excluding hydrogens is 422 g/mol. The third kappa shape index (κ3) is 19.7. The predicted molar refractivity (Wildman–Crippen MR) is 163 cm³/mol. The smallest absolute Gasteiger partial charge is 0.0163 e. The highest BCUT2D eigenvalue weighted by atomic mass is 15.2. The van der Waals surface area contributed by atoms with E-state index in [4.69, 9.17) is 0 Å². The van der Waals surface area contributed by atoms with Gasteiger partial charge in [0.25, 0.3) is 0 Å². The quantitative estimate of drug-likeness (QED) is 0.144. The molecule has 0 radical (unpaired) electrons. The van der Waals surface area contributed by atoms with Crippen LogP contribution in [0.25, 0.3) is 0 Å². The molecule has 0 aliphatic heterocycles. The van der Waals surface area contributed by atoms with Crippen molar-refractivity contribution in [2.24, 2.45) is 10.8 Å². The molecule has 0 aromatic rings. The second kappa shape index (κ2) is 17.5. The molecule has 0 amide bonds. The Hall–Kier alpha value is -0.0400. The minimum atomic E-state index is 0.225. The molecule has 212 valence electrons. The summed E-state index contributed by atoms with van der Waals surface area (Å²) in [6, 6.07) is 0. The zero-order valence-corrected chi connectivity index (χ0v) is 26.9. The van der Waals surface area contributed by atoms with Crippen molar-refractivity contribution >= 4 is 0 Å². The molecule has 1 nitrogen and oxygen atoms in total. The largest absolute Gasteiger partial charge is 0.293 e. The molecular formula is C34H71N. The molecule has 0 saturated heterocycles. The van der Waals surface area contributed by atoms with E-state index in [1.807, 2.05) is 0 Å². The molecule has 35 heavy (non-hydrogen) atoms. The van der Waals surface area contributed by atoms with E-state index < -0.39 is 0 Å². The van der Waals surface area contributed by atoms with Crippen LogP contribution in [0.15, 0.2) is 0 Å². The first kappa shape index (κ1) is 35.0. The molecule has 0 unspecified atom stereocenters. The molecule has 0 aliphatic carbocycles. The minimum Gasteiger partial charge on any atom is -0.293 e. The fourth-order valence-corrected chi connectivity index (χ4v) is 7.03. The van der Waals surface area contributed by atoms with E-state index in [1.165, 1.54) is 122 Å². The molecule has 0 aromatic carbocycles. The normalized spacial score (nSPS) is 13.7. The molecule has 0 heterocycles. The Labute approximate surface area is 225 Å². The van der Waals surface area contributed by atoms with E-state index in [0.717, 1.165) is 0 Å². The van der Waals surface area contributed by atoms with Crippen LogP contribution in [0.4, 0.5) is 0 Å². The summed E-state index contributed by atoms with van der Waals surface area (Å²) in [5.74, 6) is 0. The van der Waals surface area contributed by atoms with E-state index in [-0.39, 0.29) is 11.1 Å². The maximum atomic E-state index is 2.88. The van der Waals surface area contributed by atoms with Crippen LogP contribution >= 0.6 is 0 Å². The first-order chi connectivity index (χ1) is 16.1. The van der Waals surface area contributed by atoms with Gasteiger partial charge >= 0.3 is 0 Å². The van der Waals surface area contributed by atoms with E-state index >= 15 is 0 Å². The molecule has 0 bridgehead atoms. The predicted octanol–water partition coefficient (Wildman–Crippen LogP) is 12.0. The Bertz CT molecular complexity index is 460. The van der Waals surface area contributed by atoms with Gasteiger partial charge in [-0.25, -0.2) is 0 Å².